The number of rotatable bonds is 7. The first-order chi connectivity index (χ1) is 8.94. The zero-order valence-electron chi connectivity index (χ0n) is 12.4. The van der Waals surface area contributed by atoms with Crippen molar-refractivity contribution in [2.45, 2.75) is 32.2 Å². The van der Waals surface area contributed by atoms with Crippen molar-refractivity contribution in [1.29, 1.82) is 0 Å². The number of nitrogens with one attached hydrogen (secondary N) is 2. The summed E-state index contributed by atoms with van der Waals surface area (Å²) in [7, 11) is 5.53. The van der Waals surface area contributed by atoms with Gasteiger partial charge in [-0.05, 0) is 19.8 Å². The first kappa shape index (κ1) is 15.4. The summed E-state index contributed by atoms with van der Waals surface area (Å²) in [6.45, 7) is 4.24. The molecule has 1 atom stereocenters. The molecule has 0 fully saturated rings. The number of aliphatic hydroxyl groups is 1. The molecule has 0 spiro atoms. The molecule has 1 heterocycles. The number of hydrogen-bond acceptors (Lipinski definition) is 7. The summed E-state index contributed by atoms with van der Waals surface area (Å²) in [6, 6.07) is 0. The first-order valence-electron chi connectivity index (χ1n) is 6.44. The molecule has 19 heavy (non-hydrogen) atoms. The first-order valence-corrected chi connectivity index (χ1v) is 6.44. The van der Waals surface area contributed by atoms with Gasteiger partial charge >= 0.3 is 0 Å². The van der Waals surface area contributed by atoms with Crippen molar-refractivity contribution in [3.05, 3.63) is 0 Å². The van der Waals surface area contributed by atoms with Crippen LogP contribution in [-0.4, -0.2) is 53.3 Å². The highest BCUT2D eigenvalue weighted by Gasteiger charge is 2.23. The summed E-state index contributed by atoms with van der Waals surface area (Å²) in [5.74, 6) is 1.62. The molecule has 0 bridgehead atoms. The van der Waals surface area contributed by atoms with E-state index in [1.807, 2.05) is 25.9 Å². The molecule has 0 amide bonds. The minimum Gasteiger partial charge on any atom is -0.396 e. The van der Waals surface area contributed by atoms with E-state index >= 15 is 0 Å². The van der Waals surface area contributed by atoms with Gasteiger partial charge in [-0.15, -0.1) is 0 Å². The van der Waals surface area contributed by atoms with E-state index in [1.54, 1.807) is 7.05 Å². The van der Waals surface area contributed by atoms with E-state index in [2.05, 4.69) is 32.5 Å². The fourth-order valence-corrected chi connectivity index (χ4v) is 1.58. The second-order valence-corrected chi connectivity index (χ2v) is 4.94. The van der Waals surface area contributed by atoms with E-state index in [-0.39, 0.29) is 12.1 Å². The zero-order valence-corrected chi connectivity index (χ0v) is 12.4. The maximum atomic E-state index is 9.14. The van der Waals surface area contributed by atoms with Crippen LogP contribution in [0.5, 0.6) is 0 Å². The topological polar surface area (TPSA) is 86.2 Å². The quantitative estimate of drug-likeness (QED) is 0.678. The molecule has 0 aromatic carbocycles. The second kappa shape index (κ2) is 6.51. The van der Waals surface area contributed by atoms with Gasteiger partial charge in [-0.3, -0.25) is 0 Å². The molecule has 7 heteroatoms. The van der Waals surface area contributed by atoms with Gasteiger partial charge in [0.05, 0.1) is 0 Å². The van der Waals surface area contributed by atoms with Gasteiger partial charge in [-0.1, -0.05) is 6.92 Å². The molecule has 7 nitrogen and oxygen atoms in total. The average Bonchev–Trinajstić information content (AvgIpc) is 2.38. The molecule has 1 rings (SSSR count). The van der Waals surface area contributed by atoms with Gasteiger partial charge in [-0.2, -0.15) is 15.0 Å². The lowest BCUT2D eigenvalue weighted by molar-refractivity contribution is 0.251. The van der Waals surface area contributed by atoms with Crippen molar-refractivity contribution in [3.63, 3.8) is 0 Å². The van der Waals surface area contributed by atoms with Gasteiger partial charge in [0.25, 0.3) is 0 Å². The Bertz CT molecular complexity index is 411. The van der Waals surface area contributed by atoms with E-state index in [1.165, 1.54) is 0 Å². The van der Waals surface area contributed by atoms with Crippen LogP contribution in [0.4, 0.5) is 17.8 Å². The standard InChI is InChI=1S/C12H24N6O/c1-6-12(2,7-8-19)17-10-14-9(13-3)15-11(16-10)18(4)5/h19H,6-8H2,1-5H3,(H2,13,14,15,16,17). The van der Waals surface area contributed by atoms with Crippen molar-refractivity contribution in [3.8, 4) is 0 Å². The Labute approximate surface area is 114 Å². The summed E-state index contributed by atoms with van der Waals surface area (Å²) in [5, 5.41) is 15.3. The number of hydrogen-bond donors (Lipinski definition) is 3. The molecule has 1 aromatic heterocycles. The van der Waals surface area contributed by atoms with Crippen LogP contribution >= 0.6 is 0 Å². The van der Waals surface area contributed by atoms with E-state index in [9.17, 15) is 0 Å². The number of aromatic nitrogens is 3. The van der Waals surface area contributed by atoms with Gasteiger partial charge in [0.15, 0.2) is 0 Å². The van der Waals surface area contributed by atoms with Gasteiger partial charge in [0, 0.05) is 33.3 Å². The lowest BCUT2D eigenvalue weighted by Crippen LogP contribution is -2.36. The minimum atomic E-state index is -0.231. The van der Waals surface area contributed by atoms with Crippen molar-refractivity contribution in [2.75, 3.05) is 43.3 Å². The molecular weight excluding hydrogens is 244 g/mol. The second-order valence-electron chi connectivity index (χ2n) is 4.94. The molecule has 0 saturated carbocycles. The predicted octanol–water partition coefficient (Wildman–Crippen LogP) is 0.942. The van der Waals surface area contributed by atoms with Crippen LogP contribution in [0.1, 0.15) is 26.7 Å². The number of anilines is 3. The van der Waals surface area contributed by atoms with Crippen molar-refractivity contribution in [1.82, 2.24) is 15.0 Å². The maximum Gasteiger partial charge on any atom is 0.231 e. The monoisotopic (exact) mass is 268 g/mol. The van der Waals surface area contributed by atoms with Gasteiger partial charge in [0.1, 0.15) is 0 Å². The van der Waals surface area contributed by atoms with Crippen LogP contribution < -0.4 is 15.5 Å². The summed E-state index contributed by atoms with van der Waals surface area (Å²) >= 11 is 0. The third-order valence-corrected chi connectivity index (χ3v) is 3.10. The summed E-state index contributed by atoms with van der Waals surface area (Å²) in [4.78, 5) is 14.7. The molecule has 0 aliphatic heterocycles. The smallest absolute Gasteiger partial charge is 0.231 e. The van der Waals surface area contributed by atoms with E-state index < -0.39 is 0 Å². The van der Waals surface area contributed by atoms with Gasteiger partial charge in [0.2, 0.25) is 17.8 Å². The average molecular weight is 268 g/mol. The summed E-state index contributed by atoms with van der Waals surface area (Å²) < 4.78 is 0. The highest BCUT2D eigenvalue weighted by Crippen LogP contribution is 2.21. The predicted molar refractivity (Wildman–Crippen MR) is 77.7 cm³/mol. The van der Waals surface area contributed by atoms with Crippen LogP contribution in [0.15, 0.2) is 0 Å². The normalized spacial score (nSPS) is 13.8. The molecular formula is C12H24N6O. The lowest BCUT2D eigenvalue weighted by atomic mass is 9.95. The molecule has 0 saturated heterocycles. The fraction of sp³-hybridized carbons (Fsp3) is 0.750. The lowest BCUT2D eigenvalue weighted by Gasteiger charge is -2.29. The third kappa shape index (κ3) is 4.20. The SMILES string of the molecule is CCC(C)(CCO)Nc1nc(NC)nc(N(C)C)n1. The highest BCUT2D eigenvalue weighted by molar-refractivity contribution is 5.43. The molecule has 3 N–H and O–H groups in total. The fourth-order valence-electron chi connectivity index (χ4n) is 1.58. The Kier molecular flexibility index (Phi) is 5.29. The molecule has 0 aliphatic carbocycles. The Morgan fingerprint density at radius 2 is 1.84 bits per heavy atom. The van der Waals surface area contributed by atoms with Crippen LogP contribution in [0, 0.1) is 0 Å². The summed E-state index contributed by atoms with van der Waals surface area (Å²) in [5.41, 5.74) is -0.231. The van der Waals surface area contributed by atoms with E-state index in [0.717, 1.165) is 6.42 Å². The van der Waals surface area contributed by atoms with E-state index in [0.29, 0.717) is 24.3 Å². The zero-order chi connectivity index (χ0) is 14.5. The van der Waals surface area contributed by atoms with Crippen LogP contribution in [0.2, 0.25) is 0 Å². The Morgan fingerprint density at radius 3 is 2.32 bits per heavy atom. The molecule has 108 valence electrons. The van der Waals surface area contributed by atoms with Crippen molar-refractivity contribution >= 4 is 17.8 Å². The van der Waals surface area contributed by atoms with Crippen LogP contribution in [-0.2, 0) is 0 Å². The third-order valence-electron chi connectivity index (χ3n) is 3.10. The van der Waals surface area contributed by atoms with Gasteiger partial charge in [-0.25, -0.2) is 0 Å². The molecule has 0 aliphatic rings. The Morgan fingerprint density at radius 1 is 1.21 bits per heavy atom. The van der Waals surface area contributed by atoms with E-state index in [4.69, 9.17) is 5.11 Å². The summed E-state index contributed by atoms with van der Waals surface area (Å²) in [6.07, 6.45) is 1.51. The largest absolute Gasteiger partial charge is 0.396 e. The molecule has 0 radical (unpaired) electrons. The highest BCUT2D eigenvalue weighted by atomic mass is 16.3. The van der Waals surface area contributed by atoms with Gasteiger partial charge < -0.3 is 20.6 Å². The maximum absolute atomic E-state index is 9.14. The van der Waals surface area contributed by atoms with Crippen molar-refractivity contribution in [2.24, 2.45) is 0 Å². The Hall–Kier alpha value is -1.63. The number of aliphatic hydroxyl groups excluding tert-OH is 1. The minimum absolute atomic E-state index is 0.127. The van der Waals surface area contributed by atoms with Crippen LogP contribution in [0.25, 0.3) is 0 Å². The molecule has 1 aromatic rings. The van der Waals surface area contributed by atoms with Crippen LogP contribution in [0.3, 0.4) is 0 Å². The number of nitrogens with zero attached hydrogens (tertiary/aromatic N) is 4. The van der Waals surface area contributed by atoms with Crippen molar-refractivity contribution < 1.29 is 5.11 Å². The molecule has 1 unspecified atom stereocenters. The Balaban J connectivity index is 3.02.